The van der Waals surface area contributed by atoms with E-state index in [9.17, 15) is 28.7 Å². The third-order valence-corrected chi connectivity index (χ3v) is 8.38. The number of rotatable bonds is 15. The molecule has 2 aromatic carbocycles. The molecular weight excluding hydrogens is 585 g/mol. The molecule has 3 rings (SSSR count). The van der Waals surface area contributed by atoms with E-state index in [4.69, 9.17) is 4.74 Å². The van der Waals surface area contributed by atoms with Crippen molar-refractivity contribution in [1.29, 1.82) is 0 Å². The van der Waals surface area contributed by atoms with Gasteiger partial charge in [0.2, 0.25) is 5.91 Å². The van der Waals surface area contributed by atoms with E-state index >= 15 is 0 Å². The van der Waals surface area contributed by atoms with Crippen molar-refractivity contribution in [2.45, 2.75) is 71.6 Å². The van der Waals surface area contributed by atoms with Gasteiger partial charge in [0, 0.05) is 37.9 Å². The molecule has 4 atom stereocenters. The zero-order chi connectivity index (χ0) is 32.4. The van der Waals surface area contributed by atoms with Crippen molar-refractivity contribution in [2.24, 2.45) is 11.8 Å². The number of nitrogens with zero attached hydrogens (tertiary/aromatic N) is 2. The Labute approximate surface area is 261 Å². The summed E-state index contributed by atoms with van der Waals surface area (Å²) in [6, 6.07) is 14.5. The first kappa shape index (κ1) is 34.4. The summed E-state index contributed by atoms with van der Waals surface area (Å²) in [6.07, 6.45) is 0.220. The quantitative estimate of drug-likeness (QED) is 0.215. The topological polar surface area (TPSA) is 126 Å². The molecule has 0 saturated carbocycles. The number of carbonyl (C=O) groups is 4. The Bertz CT molecular complexity index is 1410. The summed E-state index contributed by atoms with van der Waals surface area (Å²) in [6.45, 7) is 6.81. The van der Waals surface area contributed by atoms with Gasteiger partial charge in [0.25, 0.3) is 5.91 Å². The van der Waals surface area contributed by atoms with Crippen LogP contribution in [0.4, 0.5) is 4.39 Å². The van der Waals surface area contributed by atoms with Crippen LogP contribution in [0.1, 0.15) is 73.3 Å². The molecule has 0 saturated heterocycles. The van der Waals surface area contributed by atoms with Crippen LogP contribution in [0, 0.1) is 17.7 Å². The molecule has 3 aromatic rings. The lowest BCUT2D eigenvalue weighted by atomic mass is 9.95. The van der Waals surface area contributed by atoms with Crippen LogP contribution in [0.15, 0.2) is 60.0 Å². The number of thiazole rings is 1. The maximum atomic E-state index is 13.3. The van der Waals surface area contributed by atoms with Crippen LogP contribution in [-0.4, -0.2) is 57.9 Å². The summed E-state index contributed by atoms with van der Waals surface area (Å²) < 4.78 is 19.0. The van der Waals surface area contributed by atoms with E-state index in [2.05, 4.69) is 10.3 Å². The van der Waals surface area contributed by atoms with Crippen LogP contribution in [0.3, 0.4) is 0 Å². The number of likely N-dealkylation sites (N-methyl/N-ethyl adjacent to an activating group) is 1. The van der Waals surface area contributed by atoms with Gasteiger partial charge in [-0.05, 0) is 42.0 Å². The minimum Gasteiger partial charge on any atom is -0.481 e. The average Bonchev–Trinajstić information content (AvgIpc) is 3.47. The predicted octanol–water partition coefficient (Wildman–Crippen LogP) is 5.45. The average molecular weight is 626 g/mol. The Morgan fingerprint density at radius 3 is 2.25 bits per heavy atom. The lowest BCUT2D eigenvalue weighted by Gasteiger charge is -2.33. The first-order valence-electron chi connectivity index (χ1n) is 14.5. The number of halogens is 1. The third kappa shape index (κ3) is 10.3. The molecule has 0 fully saturated rings. The van der Waals surface area contributed by atoms with E-state index in [1.165, 1.54) is 30.4 Å². The highest BCUT2D eigenvalue weighted by atomic mass is 32.1. The molecule has 0 spiro atoms. The van der Waals surface area contributed by atoms with Gasteiger partial charge >= 0.3 is 11.9 Å². The van der Waals surface area contributed by atoms with Gasteiger partial charge in [-0.15, -0.1) is 11.3 Å². The Morgan fingerprint density at radius 1 is 1.00 bits per heavy atom. The molecule has 0 aliphatic carbocycles. The molecule has 0 radical (unpaired) electrons. The van der Waals surface area contributed by atoms with E-state index < -0.39 is 35.9 Å². The van der Waals surface area contributed by atoms with Crippen LogP contribution in [0.2, 0.25) is 0 Å². The van der Waals surface area contributed by atoms with Crippen LogP contribution in [0.25, 0.3) is 0 Å². The van der Waals surface area contributed by atoms with Gasteiger partial charge < -0.3 is 20.1 Å². The largest absolute Gasteiger partial charge is 0.481 e. The Balaban J connectivity index is 1.77. The minimum absolute atomic E-state index is 0.00655. The number of ether oxygens (including phenoxy) is 1. The fourth-order valence-corrected chi connectivity index (χ4v) is 5.84. The first-order chi connectivity index (χ1) is 20.8. The lowest BCUT2D eigenvalue weighted by Crippen LogP contribution is -2.42. The fourth-order valence-electron chi connectivity index (χ4n) is 5.00. The number of aromatic nitrogens is 1. The number of esters is 1. The fraction of sp³-hybridized carbons (Fsp3) is 0.424. The second kappa shape index (κ2) is 16.1. The van der Waals surface area contributed by atoms with E-state index in [1.807, 2.05) is 44.2 Å². The maximum absolute atomic E-state index is 13.3. The second-order valence-electron chi connectivity index (χ2n) is 11.4. The number of hydrogen-bond acceptors (Lipinski definition) is 7. The summed E-state index contributed by atoms with van der Waals surface area (Å²) in [5.41, 5.74) is 1.77. The van der Waals surface area contributed by atoms with E-state index in [0.717, 1.165) is 5.56 Å². The number of carboxylic acids is 1. The summed E-state index contributed by atoms with van der Waals surface area (Å²) in [5.74, 6) is -3.15. The van der Waals surface area contributed by atoms with Gasteiger partial charge in [-0.1, -0.05) is 63.2 Å². The summed E-state index contributed by atoms with van der Waals surface area (Å²) >= 11 is 1.17. The number of benzene rings is 2. The molecule has 236 valence electrons. The van der Waals surface area contributed by atoms with Crippen molar-refractivity contribution in [3.05, 3.63) is 87.6 Å². The highest BCUT2D eigenvalue weighted by Crippen LogP contribution is 2.30. The van der Waals surface area contributed by atoms with Crippen molar-refractivity contribution >= 4 is 35.1 Å². The normalized spacial score (nSPS) is 13.9. The lowest BCUT2D eigenvalue weighted by molar-refractivity contribution is -0.148. The predicted molar refractivity (Wildman–Crippen MR) is 166 cm³/mol. The molecule has 0 aliphatic heterocycles. The van der Waals surface area contributed by atoms with Crippen molar-refractivity contribution in [2.75, 3.05) is 7.05 Å². The smallest absolute Gasteiger partial charge is 0.306 e. The van der Waals surface area contributed by atoms with Gasteiger partial charge in [0.05, 0.1) is 12.3 Å². The van der Waals surface area contributed by atoms with Gasteiger partial charge in [-0.25, -0.2) is 9.37 Å². The van der Waals surface area contributed by atoms with E-state index in [1.54, 1.807) is 36.4 Å². The molecule has 1 aromatic heterocycles. The van der Waals surface area contributed by atoms with Crippen LogP contribution < -0.4 is 5.32 Å². The van der Waals surface area contributed by atoms with Crippen LogP contribution in [0.5, 0.6) is 0 Å². The van der Waals surface area contributed by atoms with E-state index in [0.29, 0.717) is 17.0 Å². The number of carbonyl (C=O) groups excluding carboxylic acids is 3. The van der Waals surface area contributed by atoms with Crippen molar-refractivity contribution in [1.82, 2.24) is 15.2 Å². The van der Waals surface area contributed by atoms with Crippen LogP contribution >= 0.6 is 11.3 Å². The van der Waals surface area contributed by atoms with Gasteiger partial charge in [0.1, 0.15) is 16.5 Å². The SMILES string of the molecule is CC(=O)O[C@H](CC(C(C)C)N(C)C(=O)Cc1ccc(F)cc1)c1nc(C(=O)N[C@@H](Cc2ccccc2)C[C@H](C)C(=O)O)cs1. The van der Waals surface area contributed by atoms with Gasteiger partial charge in [-0.3, -0.25) is 19.2 Å². The number of aliphatic carboxylic acids is 1. The van der Waals surface area contributed by atoms with Crippen molar-refractivity contribution in [3.63, 3.8) is 0 Å². The Kier molecular flexibility index (Phi) is 12.6. The molecular formula is C33H40FN3O6S. The minimum atomic E-state index is -0.946. The first-order valence-corrected chi connectivity index (χ1v) is 15.4. The van der Waals surface area contributed by atoms with Crippen LogP contribution in [-0.2, 0) is 32.0 Å². The number of nitrogens with one attached hydrogen (secondary N) is 1. The van der Waals surface area contributed by atoms with Crippen molar-refractivity contribution in [3.8, 4) is 0 Å². The number of hydrogen-bond donors (Lipinski definition) is 2. The summed E-state index contributed by atoms with van der Waals surface area (Å²) in [7, 11) is 1.69. The highest BCUT2D eigenvalue weighted by Gasteiger charge is 2.31. The molecule has 2 amide bonds. The molecule has 44 heavy (non-hydrogen) atoms. The van der Waals surface area contributed by atoms with Gasteiger partial charge in [-0.2, -0.15) is 0 Å². The second-order valence-corrected chi connectivity index (χ2v) is 12.2. The molecule has 9 nitrogen and oxygen atoms in total. The molecule has 2 N–H and O–H groups in total. The monoisotopic (exact) mass is 625 g/mol. The van der Waals surface area contributed by atoms with E-state index in [-0.39, 0.29) is 48.6 Å². The number of carboxylic acid groups (broad SMARTS) is 1. The summed E-state index contributed by atoms with van der Waals surface area (Å²) in [5, 5.41) is 14.4. The molecule has 0 bridgehead atoms. The third-order valence-electron chi connectivity index (χ3n) is 7.44. The number of amides is 2. The highest BCUT2D eigenvalue weighted by molar-refractivity contribution is 7.09. The molecule has 1 unspecified atom stereocenters. The Morgan fingerprint density at radius 2 is 1.66 bits per heavy atom. The maximum Gasteiger partial charge on any atom is 0.306 e. The summed E-state index contributed by atoms with van der Waals surface area (Å²) in [4.78, 5) is 56.2. The molecule has 0 aliphatic rings. The van der Waals surface area contributed by atoms with Crippen molar-refractivity contribution < 1.29 is 33.4 Å². The zero-order valence-electron chi connectivity index (χ0n) is 25.7. The standard InChI is InChI=1S/C33H40FN3O6S/c1-20(2)28(37(5)30(39)17-24-11-13-25(34)14-12-24)18-29(43-22(4)38)32-36-27(19-44-32)31(40)35-26(15-21(3)33(41)42)16-23-9-7-6-8-10-23/h6-14,19-21,26,28-29H,15-18H2,1-5H3,(H,35,40)(H,41,42)/t21-,26+,28?,29+/m0/s1. The molecule has 1 heterocycles. The molecule has 11 heteroatoms. The zero-order valence-corrected chi connectivity index (χ0v) is 26.5. The van der Waals surface area contributed by atoms with Gasteiger partial charge in [0.15, 0.2) is 6.10 Å². The Hall–Kier alpha value is -4.12.